The Balaban J connectivity index is 1.81. The third-order valence-electron chi connectivity index (χ3n) is 4.36. The number of carboxylic acids is 1. The van der Waals surface area contributed by atoms with E-state index in [1.165, 1.54) is 38.2 Å². The Kier molecular flexibility index (Phi) is 5.99. The summed E-state index contributed by atoms with van der Waals surface area (Å²) in [6, 6.07) is 6.75. The first-order valence-electron chi connectivity index (χ1n) is 8.16. The number of amides is 1. The molecule has 1 atom stereocenters. The van der Waals surface area contributed by atoms with E-state index in [9.17, 15) is 9.59 Å². The van der Waals surface area contributed by atoms with Gasteiger partial charge >= 0.3 is 5.97 Å². The molecule has 0 aliphatic heterocycles. The molecular formula is C18H25NO3. The van der Waals surface area contributed by atoms with Gasteiger partial charge in [0, 0.05) is 6.04 Å². The molecule has 0 radical (unpaired) electrons. The molecule has 1 aromatic rings. The van der Waals surface area contributed by atoms with Gasteiger partial charge in [-0.2, -0.15) is 0 Å². The van der Waals surface area contributed by atoms with E-state index in [0.29, 0.717) is 0 Å². The van der Waals surface area contributed by atoms with Crippen LogP contribution in [0.2, 0.25) is 0 Å². The molecule has 0 saturated heterocycles. The minimum atomic E-state index is -0.965. The summed E-state index contributed by atoms with van der Waals surface area (Å²) in [5.41, 5.74) is 0.961. The average Bonchev–Trinajstić information content (AvgIpc) is 2.48. The Morgan fingerprint density at radius 3 is 2.68 bits per heavy atom. The van der Waals surface area contributed by atoms with Crippen LogP contribution in [0.25, 0.3) is 0 Å². The third-order valence-corrected chi connectivity index (χ3v) is 4.36. The van der Waals surface area contributed by atoms with Crippen LogP contribution in [0.3, 0.4) is 0 Å². The number of hydrogen-bond donors (Lipinski definition) is 2. The van der Waals surface area contributed by atoms with Crippen molar-refractivity contribution >= 4 is 11.9 Å². The molecule has 0 spiro atoms. The minimum Gasteiger partial charge on any atom is -0.478 e. The number of hydrogen-bond acceptors (Lipinski definition) is 2. The quantitative estimate of drug-likeness (QED) is 0.846. The van der Waals surface area contributed by atoms with Crippen molar-refractivity contribution in [2.24, 2.45) is 5.92 Å². The maximum Gasteiger partial charge on any atom is 0.335 e. The van der Waals surface area contributed by atoms with Gasteiger partial charge in [-0.15, -0.1) is 0 Å². The van der Waals surface area contributed by atoms with E-state index in [4.69, 9.17) is 5.11 Å². The SMILES string of the molecule is C[C@H](CC1CCCCC1)NC(=O)Cc1cccc(C(=O)O)c1. The predicted octanol–water partition coefficient (Wildman–Crippen LogP) is 3.40. The zero-order valence-electron chi connectivity index (χ0n) is 13.2. The maximum absolute atomic E-state index is 12.1. The van der Waals surface area contributed by atoms with Crippen molar-refractivity contribution in [3.05, 3.63) is 35.4 Å². The summed E-state index contributed by atoms with van der Waals surface area (Å²) in [6.07, 6.45) is 7.80. The predicted molar refractivity (Wildman–Crippen MR) is 85.9 cm³/mol. The normalized spacial score (nSPS) is 17.0. The van der Waals surface area contributed by atoms with E-state index in [1.54, 1.807) is 18.2 Å². The van der Waals surface area contributed by atoms with Crippen LogP contribution < -0.4 is 5.32 Å². The topological polar surface area (TPSA) is 66.4 Å². The van der Waals surface area contributed by atoms with Crippen molar-refractivity contribution in [3.63, 3.8) is 0 Å². The molecule has 0 bridgehead atoms. The molecule has 1 aliphatic rings. The molecule has 22 heavy (non-hydrogen) atoms. The van der Waals surface area contributed by atoms with Gasteiger partial charge in [-0.1, -0.05) is 44.2 Å². The van der Waals surface area contributed by atoms with E-state index in [2.05, 4.69) is 12.2 Å². The van der Waals surface area contributed by atoms with Gasteiger partial charge < -0.3 is 10.4 Å². The average molecular weight is 303 g/mol. The van der Waals surface area contributed by atoms with Crippen LogP contribution in [0.15, 0.2) is 24.3 Å². The molecule has 1 fully saturated rings. The summed E-state index contributed by atoms with van der Waals surface area (Å²) in [7, 11) is 0. The maximum atomic E-state index is 12.1. The van der Waals surface area contributed by atoms with E-state index >= 15 is 0 Å². The van der Waals surface area contributed by atoms with Gasteiger partial charge in [-0.25, -0.2) is 4.79 Å². The smallest absolute Gasteiger partial charge is 0.335 e. The third kappa shape index (κ3) is 5.17. The van der Waals surface area contributed by atoms with Crippen LogP contribution in [0.1, 0.15) is 61.4 Å². The highest BCUT2D eigenvalue weighted by Crippen LogP contribution is 2.27. The second-order valence-corrected chi connectivity index (χ2v) is 6.39. The van der Waals surface area contributed by atoms with Gasteiger partial charge in [0.2, 0.25) is 5.91 Å². The van der Waals surface area contributed by atoms with Crippen molar-refractivity contribution in [1.29, 1.82) is 0 Å². The molecular weight excluding hydrogens is 278 g/mol. The van der Waals surface area contributed by atoms with Crippen molar-refractivity contribution in [3.8, 4) is 0 Å². The highest BCUT2D eigenvalue weighted by molar-refractivity contribution is 5.88. The highest BCUT2D eigenvalue weighted by atomic mass is 16.4. The van der Waals surface area contributed by atoms with Crippen LogP contribution in [0.5, 0.6) is 0 Å². The van der Waals surface area contributed by atoms with Gasteiger partial charge in [-0.3, -0.25) is 4.79 Å². The fraction of sp³-hybridized carbons (Fsp3) is 0.556. The molecule has 0 unspecified atom stereocenters. The fourth-order valence-corrected chi connectivity index (χ4v) is 3.31. The first kappa shape index (κ1) is 16.5. The molecule has 2 N–H and O–H groups in total. The molecule has 4 nitrogen and oxygen atoms in total. The van der Waals surface area contributed by atoms with Gasteiger partial charge in [-0.05, 0) is 37.0 Å². The highest BCUT2D eigenvalue weighted by Gasteiger charge is 2.17. The summed E-state index contributed by atoms with van der Waals surface area (Å²) < 4.78 is 0. The number of aromatic carboxylic acids is 1. The van der Waals surface area contributed by atoms with Gasteiger partial charge in [0.05, 0.1) is 12.0 Å². The minimum absolute atomic E-state index is 0.0363. The second-order valence-electron chi connectivity index (χ2n) is 6.39. The van der Waals surface area contributed by atoms with Crippen LogP contribution in [-0.4, -0.2) is 23.0 Å². The van der Waals surface area contributed by atoms with Crippen LogP contribution in [0.4, 0.5) is 0 Å². The molecule has 1 saturated carbocycles. The summed E-state index contributed by atoms with van der Waals surface area (Å²) in [5.74, 6) is -0.266. The Labute approximate surface area is 131 Å². The van der Waals surface area contributed by atoms with Crippen molar-refractivity contribution in [2.45, 2.75) is 57.9 Å². The molecule has 1 aliphatic carbocycles. The Hall–Kier alpha value is -1.84. The lowest BCUT2D eigenvalue weighted by atomic mass is 9.85. The lowest BCUT2D eigenvalue weighted by Gasteiger charge is -2.25. The fourth-order valence-electron chi connectivity index (χ4n) is 3.31. The molecule has 1 amide bonds. The summed E-state index contributed by atoms with van der Waals surface area (Å²) >= 11 is 0. The van der Waals surface area contributed by atoms with E-state index in [-0.39, 0.29) is 23.9 Å². The summed E-state index contributed by atoms with van der Waals surface area (Å²) in [4.78, 5) is 23.0. The first-order chi connectivity index (χ1) is 10.5. The standard InChI is InChI=1S/C18H25NO3/c1-13(10-14-6-3-2-4-7-14)19-17(20)12-15-8-5-9-16(11-15)18(21)22/h5,8-9,11,13-14H,2-4,6-7,10,12H2,1H3,(H,19,20)(H,21,22)/t13-/m1/s1. The number of benzene rings is 1. The van der Waals surface area contributed by atoms with E-state index in [1.807, 2.05) is 0 Å². The lowest BCUT2D eigenvalue weighted by Crippen LogP contribution is -2.35. The summed E-state index contributed by atoms with van der Waals surface area (Å²) in [6.45, 7) is 2.06. The number of nitrogens with one attached hydrogen (secondary N) is 1. The Morgan fingerprint density at radius 1 is 1.27 bits per heavy atom. The second kappa shape index (κ2) is 7.97. The van der Waals surface area contributed by atoms with Crippen LogP contribution >= 0.6 is 0 Å². The van der Waals surface area contributed by atoms with Gasteiger partial charge in [0.1, 0.15) is 0 Å². The molecule has 0 heterocycles. The molecule has 0 aromatic heterocycles. The lowest BCUT2D eigenvalue weighted by molar-refractivity contribution is -0.121. The largest absolute Gasteiger partial charge is 0.478 e. The number of carboxylic acid groups (broad SMARTS) is 1. The zero-order valence-corrected chi connectivity index (χ0v) is 13.2. The van der Waals surface area contributed by atoms with Crippen molar-refractivity contribution < 1.29 is 14.7 Å². The van der Waals surface area contributed by atoms with Crippen molar-refractivity contribution in [2.75, 3.05) is 0 Å². The first-order valence-corrected chi connectivity index (χ1v) is 8.16. The van der Waals surface area contributed by atoms with E-state index < -0.39 is 5.97 Å². The molecule has 2 rings (SSSR count). The van der Waals surface area contributed by atoms with E-state index in [0.717, 1.165) is 17.9 Å². The number of carbonyl (C=O) groups excluding carboxylic acids is 1. The van der Waals surface area contributed by atoms with Crippen molar-refractivity contribution in [1.82, 2.24) is 5.32 Å². The monoisotopic (exact) mass is 303 g/mol. The molecule has 4 heteroatoms. The Bertz CT molecular complexity index is 521. The van der Waals surface area contributed by atoms with Crippen LogP contribution in [0, 0.1) is 5.92 Å². The summed E-state index contributed by atoms with van der Waals surface area (Å²) in [5, 5.41) is 12.0. The van der Waals surface area contributed by atoms with Gasteiger partial charge in [0.25, 0.3) is 0 Å². The Morgan fingerprint density at radius 2 is 2.00 bits per heavy atom. The molecule has 120 valence electrons. The number of carbonyl (C=O) groups is 2. The molecule has 1 aromatic carbocycles. The number of rotatable bonds is 6. The van der Waals surface area contributed by atoms with Gasteiger partial charge in [0.15, 0.2) is 0 Å². The zero-order chi connectivity index (χ0) is 15.9. The van der Waals surface area contributed by atoms with Crippen LogP contribution in [-0.2, 0) is 11.2 Å².